The summed E-state index contributed by atoms with van der Waals surface area (Å²) >= 11 is 4.85. The molecule has 0 spiro atoms. The summed E-state index contributed by atoms with van der Waals surface area (Å²) in [5.74, 6) is 1.16. The summed E-state index contributed by atoms with van der Waals surface area (Å²) in [6, 6.07) is 21.7. The summed E-state index contributed by atoms with van der Waals surface area (Å²) in [5.41, 5.74) is 3.81. The predicted molar refractivity (Wildman–Crippen MR) is 152 cm³/mol. The average Bonchev–Trinajstić information content (AvgIpc) is 3.19. The second-order valence-electron chi connectivity index (χ2n) is 8.57. The number of benzene rings is 3. The maximum absolute atomic E-state index is 13.5. The highest BCUT2D eigenvalue weighted by atomic mass is 79.9. The van der Waals surface area contributed by atoms with Crippen molar-refractivity contribution >= 4 is 50.5 Å². The normalized spacial score (nSPS) is 16.6. The van der Waals surface area contributed by atoms with Gasteiger partial charge in [0.15, 0.2) is 16.7 Å². The molecular formula is C29H29BrN2O3S. The number of carbonyl (C=O) groups excluding carboxylic acids is 1. The molecule has 7 heteroatoms. The van der Waals surface area contributed by atoms with E-state index in [-0.39, 0.29) is 11.9 Å². The largest absolute Gasteiger partial charge is 0.493 e. The van der Waals surface area contributed by atoms with Crippen molar-refractivity contribution in [3.05, 3.63) is 92.8 Å². The van der Waals surface area contributed by atoms with Crippen LogP contribution in [0.1, 0.15) is 37.0 Å². The number of halogens is 1. The fourth-order valence-electron chi connectivity index (χ4n) is 3.70. The summed E-state index contributed by atoms with van der Waals surface area (Å²) in [5, 5.41) is 0.685. The molecule has 186 valence electrons. The van der Waals surface area contributed by atoms with E-state index < -0.39 is 0 Å². The molecule has 3 aromatic carbocycles. The lowest BCUT2D eigenvalue weighted by atomic mass is 10.1. The van der Waals surface area contributed by atoms with Crippen LogP contribution >= 0.6 is 27.7 Å². The minimum absolute atomic E-state index is 0.0264. The maximum Gasteiger partial charge on any atom is 0.267 e. The van der Waals surface area contributed by atoms with E-state index in [2.05, 4.69) is 22.9 Å². The smallest absolute Gasteiger partial charge is 0.267 e. The Morgan fingerprint density at radius 2 is 1.81 bits per heavy atom. The highest BCUT2D eigenvalue weighted by molar-refractivity contribution is 9.10. The number of hydrogen-bond donors (Lipinski definition) is 0. The van der Waals surface area contributed by atoms with E-state index >= 15 is 0 Å². The van der Waals surface area contributed by atoms with Crippen LogP contribution in [-0.4, -0.2) is 29.1 Å². The Kier molecular flexibility index (Phi) is 8.54. The first-order valence-corrected chi connectivity index (χ1v) is 13.4. The Labute approximate surface area is 225 Å². The molecule has 1 fully saturated rings. The van der Waals surface area contributed by atoms with E-state index in [0.717, 1.165) is 27.7 Å². The number of hydrogen-bond acceptors (Lipinski definition) is 5. The van der Waals surface area contributed by atoms with Crippen LogP contribution in [0.25, 0.3) is 6.08 Å². The third kappa shape index (κ3) is 6.02. The molecule has 0 saturated carbocycles. The monoisotopic (exact) mass is 564 g/mol. The van der Waals surface area contributed by atoms with Gasteiger partial charge in [0.1, 0.15) is 6.61 Å². The van der Waals surface area contributed by atoms with E-state index in [0.29, 0.717) is 28.2 Å². The van der Waals surface area contributed by atoms with Crippen molar-refractivity contribution in [3.8, 4) is 11.5 Å². The molecule has 1 saturated heterocycles. The Morgan fingerprint density at radius 3 is 2.47 bits per heavy atom. The molecule has 5 nitrogen and oxygen atoms in total. The van der Waals surface area contributed by atoms with Gasteiger partial charge in [0.05, 0.1) is 17.7 Å². The van der Waals surface area contributed by atoms with Gasteiger partial charge in [-0.3, -0.25) is 9.69 Å². The Balaban J connectivity index is 1.68. The van der Waals surface area contributed by atoms with Gasteiger partial charge in [0.2, 0.25) is 0 Å². The summed E-state index contributed by atoms with van der Waals surface area (Å²) < 4.78 is 12.8. The molecule has 1 aliphatic rings. The molecule has 4 rings (SSSR count). The molecule has 0 bridgehead atoms. The van der Waals surface area contributed by atoms with E-state index in [4.69, 9.17) is 14.5 Å². The third-order valence-electron chi connectivity index (χ3n) is 5.94. The molecule has 0 aliphatic carbocycles. The maximum atomic E-state index is 13.5. The number of carbonyl (C=O) groups is 1. The summed E-state index contributed by atoms with van der Waals surface area (Å²) in [4.78, 5) is 20.7. The zero-order valence-electron chi connectivity index (χ0n) is 20.8. The standard InChI is InChI=1S/C29H29BrN2O3S/c1-5-20(3)32-28(33)26(36-29(32)31-24-15-9-19(2)10-16-24)17-22-7-6-8-25(34-4)27(22)35-18-21-11-13-23(30)14-12-21/h6-17,20H,5,18H2,1-4H3/b26-17+,31-29?/t20-/m1/s1. The molecule has 0 N–H and O–H groups in total. The zero-order chi connectivity index (χ0) is 25.7. The number of amides is 1. The number of methoxy groups -OCH3 is 1. The number of aryl methyl sites for hydroxylation is 1. The van der Waals surface area contributed by atoms with Crippen molar-refractivity contribution in [1.29, 1.82) is 0 Å². The number of amidine groups is 1. The van der Waals surface area contributed by atoms with E-state index in [9.17, 15) is 4.79 Å². The number of ether oxygens (including phenoxy) is 2. The van der Waals surface area contributed by atoms with E-state index in [1.165, 1.54) is 17.3 Å². The molecule has 1 aliphatic heterocycles. The van der Waals surface area contributed by atoms with Gasteiger partial charge in [-0.1, -0.05) is 64.8 Å². The molecule has 0 aromatic heterocycles. The molecule has 1 atom stereocenters. The lowest BCUT2D eigenvalue weighted by Gasteiger charge is -2.22. The minimum Gasteiger partial charge on any atom is -0.493 e. The van der Waals surface area contributed by atoms with Crippen LogP contribution in [0.5, 0.6) is 11.5 Å². The Bertz CT molecular complexity index is 1290. The highest BCUT2D eigenvalue weighted by Crippen LogP contribution is 2.39. The average molecular weight is 566 g/mol. The predicted octanol–water partition coefficient (Wildman–Crippen LogP) is 7.75. The van der Waals surface area contributed by atoms with Gasteiger partial charge in [0, 0.05) is 16.1 Å². The highest BCUT2D eigenvalue weighted by Gasteiger charge is 2.36. The van der Waals surface area contributed by atoms with Gasteiger partial charge in [-0.25, -0.2) is 4.99 Å². The van der Waals surface area contributed by atoms with E-state index in [1.54, 1.807) is 12.0 Å². The van der Waals surface area contributed by atoms with Gasteiger partial charge in [0.25, 0.3) is 5.91 Å². The molecule has 0 radical (unpaired) electrons. The number of aliphatic imine (C=N–C) groups is 1. The molecule has 1 amide bonds. The SMILES string of the molecule is CC[C@@H](C)N1C(=O)/C(=C\c2cccc(OC)c2OCc2ccc(Br)cc2)SC1=Nc1ccc(C)cc1. The molecule has 1 heterocycles. The molecule has 0 unspecified atom stereocenters. The zero-order valence-corrected chi connectivity index (χ0v) is 23.2. The first kappa shape index (κ1) is 26.0. The lowest BCUT2D eigenvalue weighted by molar-refractivity contribution is -0.123. The second-order valence-corrected chi connectivity index (χ2v) is 10.5. The number of thioether (sulfide) groups is 1. The van der Waals surface area contributed by atoms with Crippen LogP contribution in [0.3, 0.4) is 0 Å². The van der Waals surface area contributed by atoms with Crippen molar-refractivity contribution in [2.24, 2.45) is 4.99 Å². The van der Waals surface area contributed by atoms with Crippen molar-refractivity contribution in [3.63, 3.8) is 0 Å². The van der Waals surface area contributed by atoms with Crippen molar-refractivity contribution in [2.45, 2.75) is 39.8 Å². The number of para-hydroxylation sites is 1. The number of rotatable bonds is 8. The second kappa shape index (κ2) is 11.8. The Hall–Kier alpha value is -3.03. The number of nitrogens with zero attached hydrogens (tertiary/aromatic N) is 2. The first-order valence-electron chi connectivity index (χ1n) is 11.8. The molecule has 3 aromatic rings. The quantitative estimate of drug-likeness (QED) is 0.262. The van der Waals surface area contributed by atoms with Crippen LogP contribution in [0.4, 0.5) is 5.69 Å². The van der Waals surface area contributed by atoms with Crippen molar-refractivity contribution in [2.75, 3.05) is 7.11 Å². The fraction of sp³-hybridized carbons (Fsp3) is 0.241. The van der Waals surface area contributed by atoms with E-state index in [1.807, 2.05) is 86.7 Å². The summed E-state index contributed by atoms with van der Waals surface area (Å²) in [6.07, 6.45) is 2.70. The molecule has 36 heavy (non-hydrogen) atoms. The first-order chi connectivity index (χ1) is 17.4. The van der Waals surface area contributed by atoms with Gasteiger partial charge in [-0.05, 0) is 74.0 Å². The van der Waals surface area contributed by atoms with Crippen LogP contribution in [0.15, 0.2) is 81.1 Å². The topological polar surface area (TPSA) is 51.1 Å². The van der Waals surface area contributed by atoms with Gasteiger partial charge in [-0.2, -0.15) is 0 Å². The Morgan fingerprint density at radius 1 is 1.08 bits per heavy atom. The summed E-state index contributed by atoms with van der Waals surface area (Å²) in [7, 11) is 1.62. The minimum atomic E-state index is -0.0538. The lowest BCUT2D eigenvalue weighted by Crippen LogP contribution is -2.36. The van der Waals surface area contributed by atoms with Gasteiger partial charge in [-0.15, -0.1) is 0 Å². The summed E-state index contributed by atoms with van der Waals surface area (Å²) in [6.45, 7) is 6.54. The fourth-order valence-corrected chi connectivity index (χ4v) is 5.05. The van der Waals surface area contributed by atoms with Crippen molar-refractivity contribution in [1.82, 2.24) is 4.90 Å². The molecular weight excluding hydrogens is 536 g/mol. The van der Waals surface area contributed by atoms with Crippen LogP contribution in [-0.2, 0) is 11.4 Å². The van der Waals surface area contributed by atoms with Gasteiger partial charge >= 0.3 is 0 Å². The van der Waals surface area contributed by atoms with Crippen LogP contribution in [0, 0.1) is 6.92 Å². The van der Waals surface area contributed by atoms with Crippen molar-refractivity contribution < 1.29 is 14.3 Å². The van der Waals surface area contributed by atoms with Crippen LogP contribution < -0.4 is 9.47 Å². The van der Waals surface area contributed by atoms with Gasteiger partial charge < -0.3 is 9.47 Å². The van der Waals surface area contributed by atoms with Crippen LogP contribution in [0.2, 0.25) is 0 Å². The third-order valence-corrected chi connectivity index (χ3v) is 7.45.